The van der Waals surface area contributed by atoms with Gasteiger partial charge in [0.25, 0.3) is 0 Å². The summed E-state index contributed by atoms with van der Waals surface area (Å²) in [4.78, 5) is 23.6. The third-order valence-electron chi connectivity index (χ3n) is 4.06. The van der Waals surface area contributed by atoms with Gasteiger partial charge in [0.1, 0.15) is 11.8 Å². The molecule has 0 spiro atoms. The summed E-state index contributed by atoms with van der Waals surface area (Å²) in [5, 5.41) is 20.9. The van der Waals surface area contributed by atoms with Crippen LogP contribution in [-0.4, -0.2) is 34.2 Å². The minimum atomic E-state index is -4.49. The summed E-state index contributed by atoms with van der Waals surface area (Å²) in [5.74, 6) is -1.97. The van der Waals surface area contributed by atoms with Crippen LogP contribution in [0.15, 0.2) is 48.5 Å². The molecule has 2 aromatic carbocycles. The van der Waals surface area contributed by atoms with Crippen molar-refractivity contribution in [1.82, 2.24) is 5.32 Å². The van der Waals surface area contributed by atoms with Gasteiger partial charge in [0.15, 0.2) is 0 Å². The van der Waals surface area contributed by atoms with Crippen LogP contribution in [0.25, 0.3) is 0 Å². The number of aromatic hydroxyl groups is 1. The average molecular weight is 396 g/mol. The lowest BCUT2D eigenvalue weighted by Gasteiger charge is -2.18. The maximum absolute atomic E-state index is 12.6. The summed E-state index contributed by atoms with van der Waals surface area (Å²) >= 11 is 0. The Morgan fingerprint density at radius 2 is 1.46 bits per heavy atom. The monoisotopic (exact) mass is 396 g/mol. The largest absolute Gasteiger partial charge is 0.508 e. The van der Waals surface area contributed by atoms with Crippen molar-refractivity contribution in [3.63, 3.8) is 0 Å². The summed E-state index contributed by atoms with van der Waals surface area (Å²) < 4.78 is 37.8. The molecule has 0 unspecified atom stereocenters. The normalized spacial score (nSPS) is 13.6. The van der Waals surface area contributed by atoms with Gasteiger partial charge in [0.05, 0.1) is 11.6 Å². The number of nitrogens with one attached hydrogen (secondary N) is 1. The zero-order chi connectivity index (χ0) is 20.9. The van der Waals surface area contributed by atoms with E-state index in [9.17, 15) is 33.0 Å². The summed E-state index contributed by atoms with van der Waals surface area (Å²) in [5.41, 5.74) is 5.96. The number of carboxylic acid groups (broad SMARTS) is 1. The number of phenolic OH excluding ortho intramolecular Hbond substituents is 1. The van der Waals surface area contributed by atoms with E-state index in [4.69, 9.17) is 5.73 Å². The number of nitrogens with two attached hydrogens (primary N) is 1. The molecule has 0 aliphatic rings. The number of carboxylic acids is 1. The number of aliphatic carboxylic acids is 1. The lowest BCUT2D eigenvalue weighted by molar-refractivity contribution is -0.142. The van der Waals surface area contributed by atoms with Gasteiger partial charge in [0, 0.05) is 6.42 Å². The topological polar surface area (TPSA) is 113 Å². The standard InChI is InChI=1S/C19H19F3N2O4/c20-19(21,22)13-5-1-12(2-6-13)10-16(18(27)28)24-17(26)15(23)9-11-3-7-14(25)8-4-11/h1-8,15-16,25H,9-10,23H2,(H,24,26)(H,27,28)/t15-,16-/m0/s1. The van der Waals surface area contributed by atoms with Crippen molar-refractivity contribution < 1.29 is 33.0 Å². The zero-order valence-electron chi connectivity index (χ0n) is 14.6. The Labute approximate surface area is 158 Å². The van der Waals surface area contributed by atoms with Gasteiger partial charge in [-0.15, -0.1) is 0 Å². The van der Waals surface area contributed by atoms with Crippen LogP contribution >= 0.6 is 0 Å². The van der Waals surface area contributed by atoms with Crippen molar-refractivity contribution >= 4 is 11.9 Å². The highest BCUT2D eigenvalue weighted by molar-refractivity contribution is 5.87. The number of benzene rings is 2. The molecule has 0 bridgehead atoms. The van der Waals surface area contributed by atoms with Gasteiger partial charge in [-0.1, -0.05) is 24.3 Å². The van der Waals surface area contributed by atoms with Crippen molar-refractivity contribution in [2.75, 3.05) is 0 Å². The first-order valence-corrected chi connectivity index (χ1v) is 8.29. The maximum atomic E-state index is 12.6. The van der Waals surface area contributed by atoms with Crippen LogP contribution in [0.1, 0.15) is 16.7 Å². The Balaban J connectivity index is 2.00. The molecule has 0 radical (unpaired) electrons. The Bertz CT molecular complexity index is 821. The maximum Gasteiger partial charge on any atom is 0.416 e. The third-order valence-corrected chi connectivity index (χ3v) is 4.06. The molecular weight excluding hydrogens is 377 g/mol. The van der Waals surface area contributed by atoms with Gasteiger partial charge in [-0.25, -0.2) is 4.79 Å². The Kier molecular flexibility index (Phi) is 6.63. The molecule has 0 aliphatic heterocycles. The van der Waals surface area contributed by atoms with Crippen molar-refractivity contribution in [2.45, 2.75) is 31.1 Å². The van der Waals surface area contributed by atoms with Crippen molar-refractivity contribution in [3.8, 4) is 5.75 Å². The molecule has 0 saturated carbocycles. The second-order valence-electron chi connectivity index (χ2n) is 6.28. The fourth-order valence-corrected chi connectivity index (χ4v) is 2.52. The highest BCUT2D eigenvalue weighted by atomic mass is 19.4. The number of phenols is 1. The molecule has 0 saturated heterocycles. The molecule has 5 N–H and O–H groups in total. The van der Waals surface area contributed by atoms with Gasteiger partial charge >= 0.3 is 12.1 Å². The van der Waals surface area contributed by atoms with E-state index in [1.54, 1.807) is 12.1 Å². The van der Waals surface area contributed by atoms with Gasteiger partial charge in [0.2, 0.25) is 5.91 Å². The lowest BCUT2D eigenvalue weighted by atomic mass is 10.0. The van der Waals surface area contributed by atoms with Crippen LogP contribution in [-0.2, 0) is 28.6 Å². The van der Waals surface area contributed by atoms with Crippen LogP contribution in [0.3, 0.4) is 0 Å². The van der Waals surface area contributed by atoms with E-state index < -0.39 is 35.7 Å². The highest BCUT2D eigenvalue weighted by Crippen LogP contribution is 2.29. The average Bonchev–Trinajstić information content (AvgIpc) is 2.62. The van der Waals surface area contributed by atoms with Crippen molar-refractivity contribution in [3.05, 3.63) is 65.2 Å². The predicted octanol–water partition coefficient (Wildman–Crippen LogP) is 2.09. The summed E-state index contributed by atoms with van der Waals surface area (Å²) in [7, 11) is 0. The molecule has 6 nitrogen and oxygen atoms in total. The number of halogens is 3. The van der Waals surface area contributed by atoms with Gasteiger partial charge in [-0.3, -0.25) is 4.79 Å². The number of hydrogen-bond acceptors (Lipinski definition) is 4. The molecular formula is C19H19F3N2O4. The third kappa shape index (κ3) is 5.98. The SMILES string of the molecule is N[C@@H](Cc1ccc(O)cc1)C(=O)N[C@@H](Cc1ccc(C(F)(F)F)cc1)C(=O)O. The molecule has 28 heavy (non-hydrogen) atoms. The quantitative estimate of drug-likeness (QED) is 0.573. The molecule has 9 heteroatoms. The lowest BCUT2D eigenvalue weighted by Crippen LogP contribution is -2.50. The van der Waals surface area contributed by atoms with Crippen LogP contribution in [0, 0.1) is 0 Å². The predicted molar refractivity (Wildman–Crippen MR) is 94.5 cm³/mol. The number of rotatable bonds is 7. The van der Waals surface area contributed by atoms with E-state index in [0.717, 1.165) is 12.1 Å². The van der Waals surface area contributed by atoms with E-state index in [1.165, 1.54) is 24.3 Å². The van der Waals surface area contributed by atoms with Gasteiger partial charge < -0.3 is 21.3 Å². The number of carbonyl (C=O) groups excluding carboxylic acids is 1. The van der Waals surface area contributed by atoms with Crippen LogP contribution < -0.4 is 11.1 Å². The van der Waals surface area contributed by atoms with Gasteiger partial charge in [-0.05, 0) is 41.8 Å². The molecule has 2 atom stereocenters. The summed E-state index contributed by atoms with van der Waals surface area (Å²) in [6.07, 6.45) is -4.55. The molecule has 2 aromatic rings. The van der Waals surface area contributed by atoms with E-state index in [2.05, 4.69) is 5.32 Å². The zero-order valence-corrected chi connectivity index (χ0v) is 14.6. The van der Waals surface area contributed by atoms with E-state index >= 15 is 0 Å². The van der Waals surface area contributed by atoms with E-state index in [-0.39, 0.29) is 18.6 Å². The highest BCUT2D eigenvalue weighted by Gasteiger charge is 2.30. The van der Waals surface area contributed by atoms with E-state index in [1.807, 2.05) is 0 Å². The number of carbonyl (C=O) groups is 2. The van der Waals surface area contributed by atoms with E-state index in [0.29, 0.717) is 11.1 Å². The summed E-state index contributed by atoms with van der Waals surface area (Å²) in [6.45, 7) is 0. The van der Waals surface area contributed by atoms with Crippen LogP contribution in [0.2, 0.25) is 0 Å². The summed E-state index contributed by atoms with van der Waals surface area (Å²) in [6, 6.07) is 7.71. The fourth-order valence-electron chi connectivity index (χ4n) is 2.52. The van der Waals surface area contributed by atoms with Crippen molar-refractivity contribution in [2.24, 2.45) is 5.73 Å². The molecule has 0 aliphatic carbocycles. The Hall–Kier alpha value is -3.07. The molecule has 0 heterocycles. The Morgan fingerprint density at radius 1 is 0.964 bits per heavy atom. The fraction of sp³-hybridized carbons (Fsp3) is 0.263. The minimum Gasteiger partial charge on any atom is -0.508 e. The first kappa shape index (κ1) is 21.2. The first-order chi connectivity index (χ1) is 13.1. The number of alkyl halides is 3. The number of hydrogen-bond donors (Lipinski definition) is 4. The van der Waals surface area contributed by atoms with Crippen LogP contribution in [0.4, 0.5) is 13.2 Å². The van der Waals surface area contributed by atoms with Gasteiger partial charge in [-0.2, -0.15) is 13.2 Å². The van der Waals surface area contributed by atoms with Crippen LogP contribution in [0.5, 0.6) is 5.75 Å². The molecule has 1 amide bonds. The molecule has 2 rings (SSSR count). The molecule has 0 aromatic heterocycles. The van der Waals surface area contributed by atoms with Crippen molar-refractivity contribution in [1.29, 1.82) is 0 Å². The minimum absolute atomic E-state index is 0.0595. The molecule has 150 valence electrons. The second-order valence-corrected chi connectivity index (χ2v) is 6.28. The Morgan fingerprint density at radius 3 is 1.96 bits per heavy atom. The second kappa shape index (κ2) is 8.75. The smallest absolute Gasteiger partial charge is 0.416 e. The molecule has 0 fully saturated rings. The first-order valence-electron chi connectivity index (χ1n) is 8.29. The number of amides is 1.